The zero-order valence-corrected chi connectivity index (χ0v) is 16.5. The van der Waals surface area contributed by atoms with Crippen molar-refractivity contribution in [3.05, 3.63) is 59.7 Å². The predicted octanol–water partition coefficient (Wildman–Crippen LogP) is 2.43. The van der Waals surface area contributed by atoms with Crippen molar-refractivity contribution in [1.82, 2.24) is 9.21 Å². The molecule has 0 radical (unpaired) electrons. The number of hydrogen-bond donors (Lipinski definition) is 1. The summed E-state index contributed by atoms with van der Waals surface area (Å²) in [4.78, 5) is 2.22. The van der Waals surface area contributed by atoms with E-state index in [2.05, 4.69) is 0 Å². The van der Waals surface area contributed by atoms with Crippen LogP contribution in [0.5, 0.6) is 5.75 Å². The Balaban J connectivity index is 1.87. The van der Waals surface area contributed by atoms with Gasteiger partial charge in [-0.05, 0) is 43.3 Å². The molecule has 2 aromatic rings. The van der Waals surface area contributed by atoms with Gasteiger partial charge >= 0.3 is 0 Å². The van der Waals surface area contributed by atoms with Crippen molar-refractivity contribution in [2.75, 3.05) is 19.7 Å². The van der Waals surface area contributed by atoms with Crippen LogP contribution in [0.15, 0.2) is 53.4 Å². The first-order valence-electron chi connectivity index (χ1n) is 9.13. The number of rotatable bonds is 6. The fourth-order valence-corrected chi connectivity index (χ4v) is 4.63. The minimum absolute atomic E-state index is 0.265. The number of aliphatic hydroxyl groups is 1. The number of hydrogen-bond acceptors (Lipinski definition) is 5. The number of fused-ring (bicyclic) bond motifs is 1. The lowest BCUT2D eigenvalue weighted by molar-refractivity contribution is 0.0166. The summed E-state index contributed by atoms with van der Waals surface area (Å²) >= 11 is 0. The lowest BCUT2D eigenvalue weighted by atomic mass is 10.1. The van der Waals surface area contributed by atoms with Crippen LogP contribution in [0.2, 0.25) is 0 Å². The zero-order chi connectivity index (χ0) is 19.4. The molecule has 1 aliphatic heterocycles. The van der Waals surface area contributed by atoms with Crippen molar-refractivity contribution in [3.63, 3.8) is 0 Å². The maximum Gasteiger partial charge on any atom is 0.243 e. The molecule has 0 fully saturated rings. The summed E-state index contributed by atoms with van der Waals surface area (Å²) in [6.45, 7) is 5.93. The molecule has 0 bridgehead atoms. The van der Waals surface area contributed by atoms with Gasteiger partial charge in [-0.2, -0.15) is 4.31 Å². The first-order chi connectivity index (χ1) is 12.9. The van der Waals surface area contributed by atoms with E-state index < -0.39 is 16.3 Å². The van der Waals surface area contributed by atoms with Crippen molar-refractivity contribution < 1.29 is 18.3 Å². The Labute approximate surface area is 161 Å². The van der Waals surface area contributed by atoms with Crippen LogP contribution >= 0.6 is 0 Å². The molecular formula is C20H26N2O4S. The van der Waals surface area contributed by atoms with Crippen molar-refractivity contribution >= 4 is 10.0 Å². The molecule has 7 heteroatoms. The highest BCUT2D eigenvalue weighted by atomic mass is 32.2. The van der Waals surface area contributed by atoms with Gasteiger partial charge in [-0.3, -0.25) is 4.90 Å². The predicted molar refractivity (Wildman–Crippen MR) is 104 cm³/mol. The molecule has 1 atom stereocenters. The third-order valence-electron chi connectivity index (χ3n) is 4.77. The minimum Gasteiger partial charge on any atom is -0.492 e. The monoisotopic (exact) mass is 390 g/mol. The van der Waals surface area contributed by atoms with E-state index in [0.717, 1.165) is 17.7 Å². The van der Waals surface area contributed by atoms with Gasteiger partial charge in [0.1, 0.15) is 18.6 Å². The molecule has 0 aliphatic carbocycles. The lowest BCUT2D eigenvalue weighted by Crippen LogP contribution is -2.33. The van der Waals surface area contributed by atoms with Crippen molar-refractivity contribution in [3.8, 4) is 5.75 Å². The van der Waals surface area contributed by atoms with E-state index >= 15 is 0 Å². The van der Waals surface area contributed by atoms with Gasteiger partial charge in [0.15, 0.2) is 0 Å². The van der Waals surface area contributed by atoms with Crippen LogP contribution in [0, 0.1) is 0 Å². The van der Waals surface area contributed by atoms with E-state index in [1.165, 1.54) is 4.31 Å². The molecule has 1 N–H and O–H groups in total. The Kier molecular flexibility index (Phi) is 6.16. The zero-order valence-electron chi connectivity index (χ0n) is 15.7. The number of benzene rings is 2. The smallest absolute Gasteiger partial charge is 0.243 e. The van der Waals surface area contributed by atoms with Gasteiger partial charge in [0.05, 0.1) is 4.90 Å². The summed E-state index contributed by atoms with van der Waals surface area (Å²) < 4.78 is 33.2. The maximum atomic E-state index is 13.0. The van der Waals surface area contributed by atoms with Gasteiger partial charge in [-0.15, -0.1) is 0 Å². The lowest BCUT2D eigenvalue weighted by Gasteiger charge is -2.24. The SMILES string of the molecule is CCN(Cc1ccc2c(c1)CN(S(=O)(=O)c1ccccc1)CCO2)C(C)O. The molecule has 27 heavy (non-hydrogen) atoms. The molecule has 0 spiro atoms. The van der Waals surface area contributed by atoms with E-state index in [9.17, 15) is 13.5 Å². The molecule has 0 aromatic heterocycles. The van der Waals surface area contributed by atoms with Gasteiger partial charge in [-0.25, -0.2) is 8.42 Å². The van der Waals surface area contributed by atoms with E-state index in [1.807, 2.05) is 30.0 Å². The second-order valence-corrected chi connectivity index (χ2v) is 8.58. The highest BCUT2D eigenvalue weighted by Crippen LogP contribution is 2.28. The van der Waals surface area contributed by atoms with Crippen molar-refractivity contribution in [1.29, 1.82) is 0 Å². The van der Waals surface area contributed by atoms with Gasteiger partial charge < -0.3 is 9.84 Å². The Bertz CT molecular complexity index is 869. The van der Waals surface area contributed by atoms with E-state index in [0.29, 0.717) is 25.4 Å². The Morgan fingerprint density at radius 1 is 1.22 bits per heavy atom. The number of sulfonamides is 1. The van der Waals surface area contributed by atoms with E-state index in [-0.39, 0.29) is 11.4 Å². The van der Waals surface area contributed by atoms with Gasteiger partial charge in [0.25, 0.3) is 0 Å². The first kappa shape index (κ1) is 19.8. The van der Waals surface area contributed by atoms with E-state index in [1.54, 1.807) is 37.3 Å². The molecule has 0 saturated heterocycles. The molecule has 2 aromatic carbocycles. The van der Waals surface area contributed by atoms with Crippen LogP contribution in [0.3, 0.4) is 0 Å². The van der Waals surface area contributed by atoms with Crippen molar-refractivity contribution in [2.45, 2.75) is 38.1 Å². The molecule has 1 aliphatic rings. The third kappa shape index (κ3) is 4.50. The minimum atomic E-state index is -3.58. The molecule has 3 rings (SSSR count). The summed E-state index contributed by atoms with van der Waals surface area (Å²) in [6.07, 6.45) is -0.542. The Morgan fingerprint density at radius 2 is 1.96 bits per heavy atom. The number of nitrogens with zero attached hydrogens (tertiary/aromatic N) is 2. The highest BCUT2D eigenvalue weighted by molar-refractivity contribution is 7.89. The van der Waals surface area contributed by atoms with Gasteiger partial charge in [0, 0.05) is 25.2 Å². The summed E-state index contributed by atoms with van der Waals surface area (Å²) in [5, 5.41) is 9.85. The fourth-order valence-electron chi connectivity index (χ4n) is 3.21. The highest BCUT2D eigenvalue weighted by Gasteiger charge is 2.27. The quantitative estimate of drug-likeness (QED) is 0.767. The van der Waals surface area contributed by atoms with E-state index in [4.69, 9.17) is 4.74 Å². The number of aliphatic hydroxyl groups excluding tert-OH is 1. The average molecular weight is 391 g/mol. The fraction of sp³-hybridized carbons (Fsp3) is 0.400. The summed E-state index contributed by atoms with van der Waals surface area (Å²) in [5.74, 6) is 0.713. The largest absolute Gasteiger partial charge is 0.492 e. The average Bonchev–Trinajstić information content (AvgIpc) is 2.89. The molecule has 1 unspecified atom stereocenters. The topological polar surface area (TPSA) is 70.1 Å². The van der Waals surface area contributed by atoms with Gasteiger partial charge in [0.2, 0.25) is 10.0 Å². The second-order valence-electron chi connectivity index (χ2n) is 6.64. The summed E-state index contributed by atoms with van der Waals surface area (Å²) in [5.41, 5.74) is 1.85. The summed E-state index contributed by atoms with van der Waals surface area (Å²) in [6, 6.07) is 14.3. The second kappa shape index (κ2) is 8.39. The molecule has 1 heterocycles. The molecule has 6 nitrogen and oxygen atoms in total. The molecule has 0 amide bonds. The third-order valence-corrected chi connectivity index (χ3v) is 6.63. The standard InChI is InChI=1S/C20H26N2O4S/c1-3-21(16(2)23)14-17-9-10-20-18(13-17)15-22(11-12-26-20)27(24,25)19-7-5-4-6-8-19/h4-10,13,16,23H,3,11-12,14-15H2,1-2H3. The molecule has 146 valence electrons. The van der Waals surface area contributed by atoms with Gasteiger partial charge in [-0.1, -0.05) is 31.2 Å². The maximum absolute atomic E-state index is 13.0. The Morgan fingerprint density at radius 3 is 2.63 bits per heavy atom. The van der Waals surface area contributed by atoms with Crippen LogP contribution < -0.4 is 4.74 Å². The van der Waals surface area contributed by atoms with Crippen LogP contribution in [0.25, 0.3) is 0 Å². The molecule has 0 saturated carbocycles. The molecular weight excluding hydrogens is 364 g/mol. The van der Waals surface area contributed by atoms with Crippen LogP contribution in [0.4, 0.5) is 0 Å². The van der Waals surface area contributed by atoms with Crippen LogP contribution in [0.1, 0.15) is 25.0 Å². The van der Waals surface area contributed by atoms with Crippen LogP contribution in [-0.2, 0) is 23.1 Å². The first-order valence-corrected chi connectivity index (χ1v) is 10.6. The summed E-state index contributed by atoms with van der Waals surface area (Å²) in [7, 11) is -3.58. The Hall–Kier alpha value is -1.93. The normalized spacial score (nSPS) is 16.4. The number of ether oxygens (including phenoxy) is 1. The van der Waals surface area contributed by atoms with Crippen LogP contribution in [-0.4, -0.2) is 48.7 Å². The van der Waals surface area contributed by atoms with Crippen molar-refractivity contribution in [2.24, 2.45) is 0 Å².